The number of ether oxygens (including phenoxy) is 1. The molecule has 0 aromatic heterocycles. The molecular weight excluding hydrogens is 469 g/mol. The summed E-state index contributed by atoms with van der Waals surface area (Å²) in [6.07, 6.45) is 18.7. The summed E-state index contributed by atoms with van der Waals surface area (Å²) in [4.78, 5) is 30.6. The van der Waals surface area contributed by atoms with E-state index in [4.69, 9.17) is 19.0 Å². The van der Waals surface area contributed by atoms with Gasteiger partial charge in [0, 0.05) is 18.6 Å². The third-order valence-corrected chi connectivity index (χ3v) is 7.00. The lowest BCUT2D eigenvalue weighted by molar-refractivity contribution is -0.123. The fourth-order valence-electron chi connectivity index (χ4n) is 3.87. The minimum atomic E-state index is -3.62. The number of amides is 1. The van der Waals surface area contributed by atoms with Crippen LogP contribution in [0.4, 0.5) is 0 Å². The Morgan fingerprint density at radius 2 is 1.26 bits per heavy atom. The molecule has 6 nitrogen and oxygen atoms in total. The highest BCUT2D eigenvalue weighted by molar-refractivity contribution is 8.06. The van der Waals surface area contributed by atoms with Crippen molar-refractivity contribution in [1.29, 1.82) is 0 Å². The Morgan fingerprint density at radius 3 is 1.74 bits per heavy atom. The van der Waals surface area contributed by atoms with Crippen molar-refractivity contribution in [2.24, 2.45) is 0 Å². The van der Waals surface area contributed by atoms with Crippen LogP contribution in [-0.4, -0.2) is 40.0 Å². The summed E-state index contributed by atoms with van der Waals surface area (Å²) >= 11 is 4.45. The van der Waals surface area contributed by atoms with E-state index in [1.54, 1.807) is 0 Å². The van der Waals surface area contributed by atoms with Crippen molar-refractivity contribution in [2.75, 3.05) is 13.2 Å². The lowest BCUT2D eigenvalue weighted by Gasteiger charge is -2.30. The topological polar surface area (TPSA) is 88.0 Å². The van der Waals surface area contributed by atoms with Gasteiger partial charge in [0.1, 0.15) is 0 Å². The lowest BCUT2D eigenvalue weighted by Crippen LogP contribution is -2.44. The molecule has 0 unspecified atom stereocenters. The van der Waals surface area contributed by atoms with Gasteiger partial charge in [-0.3, -0.25) is 4.79 Å². The summed E-state index contributed by atoms with van der Waals surface area (Å²) in [6, 6.07) is 0. The van der Waals surface area contributed by atoms with Crippen molar-refractivity contribution in [3.05, 3.63) is 0 Å². The summed E-state index contributed by atoms with van der Waals surface area (Å²) in [5.74, 6) is 0.109. The van der Waals surface area contributed by atoms with Gasteiger partial charge in [-0.05, 0) is 58.8 Å². The Hall–Kier alpha value is -0.0400. The van der Waals surface area contributed by atoms with E-state index in [1.807, 2.05) is 27.7 Å². The van der Waals surface area contributed by atoms with Gasteiger partial charge < -0.3 is 24.4 Å². The Bertz CT molecular complexity index is 565. The van der Waals surface area contributed by atoms with Crippen molar-refractivity contribution < 1.29 is 23.8 Å². The van der Waals surface area contributed by atoms with Crippen LogP contribution in [0.5, 0.6) is 0 Å². The van der Waals surface area contributed by atoms with Crippen molar-refractivity contribution in [2.45, 2.75) is 148 Å². The van der Waals surface area contributed by atoms with E-state index >= 15 is 0 Å². The molecule has 0 heterocycles. The molecule has 0 aliphatic rings. The van der Waals surface area contributed by atoms with Crippen LogP contribution in [0.2, 0.25) is 0 Å². The summed E-state index contributed by atoms with van der Waals surface area (Å²) < 4.78 is 10.8. The molecular formula is C26H54NO5PS. The standard InChI is InChI=1S/C26H54NO5PS/c1-6-7-8-9-10-11-12-13-14-15-16-17-18-19-24(28)27-25(2,3)20-22-31-26(4,5)21-23-32-33(29,30)34/h6-23H2,1-5H3,(H,27,28)(H2,29,30,34). The summed E-state index contributed by atoms with van der Waals surface area (Å²) in [5, 5.41) is 3.13. The monoisotopic (exact) mass is 523 g/mol. The van der Waals surface area contributed by atoms with Crippen LogP contribution in [0, 0.1) is 0 Å². The lowest BCUT2D eigenvalue weighted by atomic mass is 10.00. The highest BCUT2D eigenvalue weighted by Gasteiger charge is 2.24. The first kappa shape index (κ1) is 34.0. The Balaban J connectivity index is 3.74. The molecule has 204 valence electrons. The molecule has 0 aliphatic heterocycles. The molecule has 0 spiro atoms. The van der Waals surface area contributed by atoms with Gasteiger partial charge in [-0.2, -0.15) is 0 Å². The molecule has 0 aromatic rings. The second-order valence-corrected chi connectivity index (χ2v) is 13.5. The van der Waals surface area contributed by atoms with Crippen LogP contribution in [0.3, 0.4) is 0 Å². The minimum Gasteiger partial charge on any atom is -0.375 e. The second kappa shape index (κ2) is 19.1. The number of hydrogen-bond acceptors (Lipinski definition) is 4. The molecule has 0 saturated heterocycles. The van der Waals surface area contributed by atoms with E-state index in [9.17, 15) is 4.79 Å². The van der Waals surface area contributed by atoms with Gasteiger partial charge in [0.05, 0.1) is 12.2 Å². The molecule has 0 fully saturated rings. The fourth-order valence-corrected chi connectivity index (χ4v) is 4.42. The van der Waals surface area contributed by atoms with Gasteiger partial charge in [-0.15, -0.1) is 0 Å². The minimum absolute atomic E-state index is 0.109. The molecule has 0 atom stereocenters. The van der Waals surface area contributed by atoms with Gasteiger partial charge >= 0.3 is 6.72 Å². The van der Waals surface area contributed by atoms with Gasteiger partial charge in [0.25, 0.3) is 0 Å². The third-order valence-electron chi connectivity index (χ3n) is 6.17. The molecule has 0 radical (unpaired) electrons. The number of unbranched alkanes of at least 4 members (excludes halogenated alkanes) is 12. The molecule has 0 rings (SSSR count). The first-order valence-electron chi connectivity index (χ1n) is 13.5. The predicted octanol–water partition coefficient (Wildman–Crippen LogP) is 7.16. The highest BCUT2D eigenvalue weighted by atomic mass is 32.5. The zero-order valence-corrected chi connectivity index (χ0v) is 24.4. The van der Waals surface area contributed by atoms with Crippen LogP contribution >= 0.6 is 6.72 Å². The first-order chi connectivity index (χ1) is 15.9. The number of rotatable bonds is 23. The molecule has 0 aromatic carbocycles. The third kappa shape index (κ3) is 23.7. The smallest absolute Gasteiger partial charge is 0.321 e. The zero-order valence-electron chi connectivity index (χ0n) is 22.7. The first-order valence-corrected chi connectivity index (χ1v) is 16.1. The van der Waals surface area contributed by atoms with Gasteiger partial charge in [-0.1, -0.05) is 84.0 Å². The molecule has 0 saturated carbocycles. The van der Waals surface area contributed by atoms with Crippen molar-refractivity contribution in [3.63, 3.8) is 0 Å². The molecule has 3 N–H and O–H groups in total. The maximum atomic E-state index is 12.3. The van der Waals surface area contributed by atoms with Crippen molar-refractivity contribution >= 4 is 24.4 Å². The Labute approximate surface area is 215 Å². The number of hydrogen-bond donors (Lipinski definition) is 3. The molecule has 0 bridgehead atoms. The van der Waals surface area contributed by atoms with Crippen LogP contribution in [-0.2, 0) is 25.9 Å². The predicted molar refractivity (Wildman–Crippen MR) is 146 cm³/mol. The van der Waals surface area contributed by atoms with E-state index in [1.165, 1.54) is 70.6 Å². The second-order valence-electron chi connectivity index (χ2n) is 10.9. The van der Waals surface area contributed by atoms with Crippen LogP contribution in [0.25, 0.3) is 0 Å². The average Bonchev–Trinajstić information content (AvgIpc) is 2.69. The maximum absolute atomic E-state index is 12.3. The molecule has 1 amide bonds. The Morgan fingerprint density at radius 1 is 0.794 bits per heavy atom. The number of carbonyl (C=O) groups excluding carboxylic acids is 1. The number of carbonyl (C=O) groups is 1. The van der Waals surface area contributed by atoms with Gasteiger partial charge in [0.2, 0.25) is 5.91 Å². The van der Waals surface area contributed by atoms with Gasteiger partial charge in [-0.25, -0.2) is 0 Å². The van der Waals surface area contributed by atoms with E-state index in [0.29, 0.717) is 25.9 Å². The Kier molecular flexibility index (Phi) is 19.1. The fraction of sp³-hybridized carbons (Fsp3) is 0.962. The van der Waals surface area contributed by atoms with E-state index < -0.39 is 12.3 Å². The van der Waals surface area contributed by atoms with Crippen LogP contribution in [0.15, 0.2) is 0 Å². The van der Waals surface area contributed by atoms with Crippen LogP contribution in [0.1, 0.15) is 137 Å². The van der Waals surface area contributed by atoms with Gasteiger partial charge in [0.15, 0.2) is 0 Å². The van der Waals surface area contributed by atoms with E-state index in [0.717, 1.165) is 12.8 Å². The summed E-state index contributed by atoms with van der Waals surface area (Å²) in [7, 11) is 0. The summed E-state index contributed by atoms with van der Waals surface area (Å²) in [5.41, 5.74) is -0.809. The largest absolute Gasteiger partial charge is 0.375 e. The normalized spacial score (nSPS) is 12.8. The van der Waals surface area contributed by atoms with Crippen LogP contribution < -0.4 is 5.32 Å². The van der Waals surface area contributed by atoms with Crippen molar-refractivity contribution in [1.82, 2.24) is 5.32 Å². The molecule has 0 aliphatic carbocycles. The van der Waals surface area contributed by atoms with E-state index in [2.05, 4.69) is 24.0 Å². The highest BCUT2D eigenvalue weighted by Crippen LogP contribution is 2.37. The molecule has 8 heteroatoms. The molecule has 34 heavy (non-hydrogen) atoms. The SMILES string of the molecule is CCCCCCCCCCCCCCCC(=O)NC(C)(C)CCOC(C)(C)CCOP(O)(O)=S. The maximum Gasteiger partial charge on any atom is 0.321 e. The summed E-state index contributed by atoms with van der Waals surface area (Å²) in [6.45, 7) is 7.16. The van der Waals surface area contributed by atoms with Crippen molar-refractivity contribution in [3.8, 4) is 0 Å². The quantitative estimate of drug-likeness (QED) is 0.0972. The zero-order chi connectivity index (χ0) is 25.9. The number of nitrogens with one attached hydrogen (secondary N) is 1. The van der Waals surface area contributed by atoms with E-state index in [-0.39, 0.29) is 18.1 Å². The average molecular weight is 524 g/mol.